The molecule has 3 fully saturated rings. The standard InChI is InChI=1S/C29H33Cl2F3N4O2/c30-25-16-22(17-26(31)24(25)15-21-7-10-38(28(21)40)23-5-8-35-9-6-23)19-1-3-20(4-2-19)27(39)37-13-11-36(12-14-37)18-29(32,33)34/h1-4,16-17,21,23,35H,5-15,18H2/t21-/m0/s1. The van der Waals surface area contributed by atoms with E-state index >= 15 is 0 Å². The van der Waals surface area contributed by atoms with E-state index < -0.39 is 12.7 Å². The normalized spacial score (nSPS) is 21.3. The summed E-state index contributed by atoms with van der Waals surface area (Å²) >= 11 is 13.4. The van der Waals surface area contributed by atoms with Gasteiger partial charge >= 0.3 is 6.18 Å². The summed E-state index contributed by atoms with van der Waals surface area (Å²) in [6.45, 7) is 2.58. The highest BCUT2D eigenvalue weighted by atomic mass is 35.5. The van der Waals surface area contributed by atoms with Crippen molar-refractivity contribution in [2.24, 2.45) is 5.92 Å². The topological polar surface area (TPSA) is 55.9 Å². The molecule has 3 saturated heterocycles. The molecule has 3 heterocycles. The summed E-state index contributed by atoms with van der Waals surface area (Å²) in [5, 5.41) is 4.36. The molecule has 0 saturated carbocycles. The van der Waals surface area contributed by atoms with Gasteiger partial charge in [0.05, 0.1) is 6.54 Å². The van der Waals surface area contributed by atoms with Gasteiger partial charge in [-0.25, -0.2) is 0 Å². The fourth-order valence-electron chi connectivity index (χ4n) is 5.99. The molecule has 5 rings (SSSR count). The minimum absolute atomic E-state index is 0.128. The Morgan fingerprint density at radius 3 is 2.12 bits per heavy atom. The van der Waals surface area contributed by atoms with Crippen molar-refractivity contribution in [2.45, 2.75) is 37.9 Å². The predicted octanol–water partition coefficient (Wildman–Crippen LogP) is 5.12. The zero-order chi connectivity index (χ0) is 28.4. The van der Waals surface area contributed by atoms with Gasteiger partial charge < -0.3 is 15.1 Å². The number of hydrogen-bond donors (Lipinski definition) is 1. The van der Waals surface area contributed by atoms with Crippen LogP contribution in [0, 0.1) is 5.92 Å². The first-order valence-electron chi connectivity index (χ1n) is 13.8. The number of amides is 2. The molecule has 3 aliphatic heterocycles. The van der Waals surface area contributed by atoms with E-state index in [0.717, 1.165) is 55.6 Å². The monoisotopic (exact) mass is 596 g/mol. The molecule has 0 spiro atoms. The van der Waals surface area contributed by atoms with E-state index in [1.54, 1.807) is 17.0 Å². The minimum Gasteiger partial charge on any atom is -0.339 e. The van der Waals surface area contributed by atoms with Crippen LogP contribution in [0.2, 0.25) is 10.0 Å². The molecule has 2 amide bonds. The zero-order valence-corrected chi connectivity index (χ0v) is 23.7. The average Bonchev–Trinajstić information content (AvgIpc) is 3.30. The van der Waals surface area contributed by atoms with Crippen LogP contribution in [0.5, 0.6) is 0 Å². The number of likely N-dealkylation sites (tertiary alicyclic amines) is 1. The molecule has 3 aliphatic rings. The Morgan fingerprint density at radius 2 is 1.52 bits per heavy atom. The van der Waals surface area contributed by atoms with Gasteiger partial charge in [-0.3, -0.25) is 14.5 Å². The Bertz CT molecular complexity index is 1200. The lowest BCUT2D eigenvalue weighted by Crippen LogP contribution is -2.50. The van der Waals surface area contributed by atoms with E-state index in [-0.39, 0.29) is 43.9 Å². The van der Waals surface area contributed by atoms with Gasteiger partial charge in [-0.1, -0.05) is 35.3 Å². The lowest BCUT2D eigenvalue weighted by Gasteiger charge is -2.35. The van der Waals surface area contributed by atoms with Crippen LogP contribution >= 0.6 is 23.2 Å². The number of piperazine rings is 1. The van der Waals surface area contributed by atoms with Gasteiger partial charge in [-0.2, -0.15) is 13.2 Å². The third kappa shape index (κ3) is 6.75. The van der Waals surface area contributed by atoms with Gasteiger partial charge in [-0.15, -0.1) is 0 Å². The molecule has 0 bridgehead atoms. The lowest BCUT2D eigenvalue weighted by atomic mass is 9.95. The van der Waals surface area contributed by atoms with Crippen molar-refractivity contribution in [3.05, 3.63) is 57.6 Å². The maximum atomic E-state index is 13.1. The molecule has 0 aromatic heterocycles. The van der Waals surface area contributed by atoms with E-state index in [2.05, 4.69) is 5.32 Å². The number of carbonyl (C=O) groups is 2. The molecule has 11 heteroatoms. The van der Waals surface area contributed by atoms with Gasteiger partial charge in [0.25, 0.3) is 5.91 Å². The Morgan fingerprint density at radius 1 is 0.900 bits per heavy atom. The summed E-state index contributed by atoms with van der Waals surface area (Å²) < 4.78 is 37.9. The molecule has 1 N–H and O–H groups in total. The molecule has 0 radical (unpaired) electrons. The number of nitrogens with zero attached hydrogens (tertiary/aromatic N) is 3. The van der Waals surface area contributed by atoms with Crippen molar-refractivity contribution in [2.75, 3.05) is 52.4 Å². The number of hydrogen-bond acceptors (Lipinski definition) is 4. The molecule has 2 aromatic rings. The van der Waals surface area contributed by atoms with Crippen LogP contribution < -0.4 is 5.32 Å². The first-order valence-corrected chi connectivity index (χ1v) is 14.5. The molecule has 6 nitrogen and oxygen atoms in total. The molecule has 1 atom stereocenters. The van der Waals surface area contributed by atoms with Crippen LogP contribution in [0.1, 0.15) is 35.2 Å². The first-order chi connectivity index (χ1) is 19.1. The zero-order valence-electron chi connectivity index (χ0n) is 22.2. The molecular weight excluding hydrogens is 564 g/mol. The van der Waals surface area contributed by atoms with Crippen molar-refractivity contribution >= 4 is 35.0 Å². The molecular formula is C29H33Cl2F3N4O2. The number of halogens is 5. The van der Waals surface area contributed by atoms with Crippen molar-refractivity contribution in [3.63, 3.8) is 0 Å². The second-order valence-corrected chi connectivity index (χ2v) is 11.7. The van der Waals surface area contributed by atoms with Gasteiger partial charge in [0.2, 0.25) is 5.91 Å². The Kier molecular flexibility index (Phi) is 8.95. The maximum absolute atomic E-state index is 13.1. The SMILES string of the molecule is O=C(c1ccc(-c2cc(Cl)c(C[C@@H]3CCN(C4CCNCC4)C3=O)c(Cl)c2)cc1)N1CCN(CC(F)(F)F)CC1. The third-order valence-corrected chi connectivity index (χ3v) is 8.89. The van der Waals surface area contributed by atoms with E-state index in [9.17, 15) is 22.8 Å². The number of alkyl halides is 3. The molecule has 0 aliphatic carbocycles. The number of piperidine rings is 1. The van der Waals surface area contributed by atoms with Crippen LogP contribution in [0.15, 0.2) is 36.4 Å². The van der Waals surface area contributed by atoms with E-state index in [1.165, 1.54) is 4.90 Å². The van der Waals surface area contributed by atoms with Gasteiger partial charge in [0, 0.05) is 60.3 Å². The first kappa shape index (κ1) is 29.2. The van der Waals surface area contributed by atoms with Crippen LogP contribution in [-0.2, 0) is 11.2 Å². The number of rotatable bonds is 6. The highest BCUT2D eigenvalue weighted by molar-refractivity contribution is 6.36. The van der Waals surface area contributed by atoms with Gasteiger partial charge in [0.1, 0.15) is 0 Å². The van der Waals surface area contributed by atoms with Crippen LogP contribution in [0.25, 0.3) is 11.1 Å². The van der Waals surface area contributed by atoms with Gasteiger partial charge in [0.15, 0.2) is 0 Å². The third-order valence-electron chi connectivity index (χ3n) is 8.22. The molecule has 40 heavy (non-hydrogen) atoms. The summed E-state index contributed by atoms with van der Waals surface area (Å²) in [5.41, 5.74) is 2.87. The number of nitrogens with one attached hydrogen (secondary N) is 1. The number of benzene rings is 2. The van der Waals surface area contributed by atoms with E-state index in [4.69, 9.17) is 23.2 Å². The van der Waals surface area contributed by atoms with Crippen LogP contribution in [-0.4, -0.2) is 91.1 Å². The molecule has 0 unspecified atom stereocenters. The summed E-state index contributed by atoms with van der Waals surface area (Å²) in [5.74, 6) is -0.147. The predicted molar refractivity (Wildman–Crippen MR) is 150 cm³/mol. The van der Waals surface area contributed by atoms with Crippen molar-refractivity contribution < 1.29 is 22.8 Å². The largest absolute Gasteiger partial charge is 0.401 e. The lowest BCUT2D eigenvalue weighted by molar-refractivity contribution is -0.148. The second-order valence-electron chi connectivity index (χ2n) is 10.9. The van der Waals surface area contributed by atoms with Crippen LogP contribution in [0.3, 0.4) is 0 Å². The summed E-state index contributed by atoms with van der Waals surface area (Å²) in [6, 6.07) is 11.0. The number of carbonyl (C=O) groups excluding carboxylic acids is 2. The smallest absolute Gasteiger partial charge is 0.339 e. The highest BCUT2D eigenvalue weighted by Gasteiger charge is 2.37. The Labute approximate surface area is 242 Å². The van der Waals surface area contributed by atoms with Crippen molar-refractivity contribution in [1.29, 1.82) is 0 Å². The Balaban J connectivity index is 1.21. The second kappa shape index (κ2) is 12.3. The minimum atomic E-state index is -4.24. The highest BCUT2D eigenvalue weighted by Crippen LogP contribution is 2.36. The average molecular weight is 598 g/mol. The fourth-order valence-corrected chi connectivity index (χ4v) is 6.64. The molecule has 2 aromatic carbocycles. The van der Waals surface area contributed by atoms with E-state index in [1.807, 2.05) is 29.2 Å². The summed E-state index contributed by atoms with van der Waals surface area (Å²) in [6.07, 6.45) is -0.977. The van der Waals surface area contributed by atoms with Crippen LogP contribution in [0.4, 0.5) is 13.2 Å². The maximum Gasteiger partial charge on any atom is 0.401 e. The quantitative estimate of drug-likeness (QED) is 0.503. The summed E-state index contributed by atoms with van der Waals surface area (Å²) in [4.78, 5) is 31.0. The van der Waals surface area contributed by atoms with E-state index in [0.29, 0.717) is 28.1 Å². The van der Waals surface area contributed by atoms with Crippen molar-refractivity contribution in [1.82, 2.24) is 20.0 Å². The fraction of sp³-hybridized carbons (Fsp3) is 0.517. The summed E-state index contributed by atoms with van der Waals surface area (Å²) in [7, 11) is 0. The Hall–Kier alpha value is -2.33. The molecule has 216 valence electrons. The van der Waals surface area contributed by atoms with Gasteiger partial charge in [-0.05, 0) is 79.7 Å². The van der Waals surface area contributed by atoms with Crippen molar-refractivity contribution in [3.8, 4) is 11.1 Å².